The van der Waals surface area contributed by atoms with Crippen LogP contribution in [0.1, 0.15) is 35.5 Å². The Morgan fingerprint density at radius 2 is 2.11 bits per heavy atom. The minimum absolute atomic E-state index is 0.0493. The number of imide groups is 1. The van der Waals surface area contributed by atoms with Crippen molar-refractivity contribution in [3.05, 3.63) is 15.6 Å². The van der Waals surface area contributed by atoms with Crippen LogP contribution >= 0.6 is 11.3 Å². The fraction of sp³-hybridized carbons (Fsp3) is 0.583. The molecule has 0 aromatic carbocycles. The number of aryl methyl sites for hydroxylation is 2. The maximum Gasteiger partial charge on any atom is 0.324 e. The van der Waals surface area contributed by atoms with Crippen LogP contribution in [0.5, 0.6) is 0 Å². The third-order valence-electron chi connectivity index (χ3n) is 3.20. The molecule has 0 saturated carbocycles. The Bertz CT molecular complexity index is 498. The maximum absolute atomic E-state index is 11.9. The molecule has 1 aromatic heterocycles. The summed E-state index contributed by atoms with van der Waals surface area (Å²) in [5, 5.41) is 3.38. The number of thiazole rings is 1. The van der Waals surface area contributed by atoms with Gasteiger partial charge in [-0.3, -0.25) is 10.1 Å². The van der Waals surface area contributed by atoms with E-state index in [0.717, 1.165) is 15.6 Å². The van der Waals surface area contributed by atoms with Crippen molar-refractivity contribution < 1.29 is 9.59 Å². The van der Waals surface area contributed by atoms with Gasteiger partial charge in [0.15, 0.2) is 0 Å². The van der Waals surface area contributed by atoms with Crippen LogP contribution in [-0.4, -0.2) is 28.4 Å². The van der Waals surface area contributed by atoms with Crippen molar-refractivity contribution in [1.29, 1.82) is 0 Å². The third-order valence-corrected chi connectivity index (χ3v) is 4.44. The van der Waals surface area contributed by atoms with Crippen LogP contribution in [0.3, 0.4) is 0 Å². The predicted molar refractivity (Wildman–Crippen MR) is 69.4 cm³/mol. The summed E-state index contributed by atoms with van der Waals surface area (Å²) in [4.78, 5) is 30.4. The van der Waals surface area contributed by atoms with Gasteiger partial charge in [0.25, 0.3) is 0 Å². The van der Waals surface area contributed by atoms with Gasteiger partial charge < -0.3 is 4.90 Å². The van der Waals surface area contributed by atoms with Gasteiger partial charge in [-0.15, -0.1) is 11.3 Å². The van der Waals surface area contributed by atoms with E-state index in [0.29, 0.717) is 6.54 Å². The molecular formula is C12H17N3O2S. The number of hydrogen-bond acceptors (Lipinski definition) is 4. The summed E-state index contributed by atoms with van der Waals surface area (Å²) < 4.78 is 0. The van der Waals surface area contributed by atoms with Crippen LogP contribution in [0.25, 0.3) is 0 Å². The minimum atomic E-state index is -0.309. The Labute approximate surface area is 110 Å². The second-order valence-corrected chi connectivity index (χ2v) is 5.94. The molecule has 1 N–H and O–H groups in total. The third kappa shape index (κ3) is 2.25. The molecule has 18 heavy (non-hydrogen) atoms. The molecule has 2 heterocycles. The van der Waals surface area contributed by atoms with E-state index in [2.05, 4.69) is 10.3 Å². The molecule has 1 fully saturated rings. The zero-order chi connectivity index (χ0) is 13.4. The molecule has 2 atom stereocenters. The van der Waals surface area contributed by atoms with E-state index in [1.54, 1.807) is 16.2 Å². The van der Waals surface area contributed by atoms with Crippen LogP contribution in [-0.2, 0) is 4.79 Å². The van der Waals surface area contributed by atoms with Crippen molar-refractivity contribution in [1.82, 2.24) is 15.2 Å². The lowest BCUT2D eigenvalue weighted by Gasteiger charge is -2.34. The van der Waals surface area contributed by atoms with E-state index >= 15 is 0 Å². The van der Waals surface area contributed by atoms with Crippen LogP contribution in [0, 0.1) is 19.8 Å². The number of aromatic nitrogens is 1. The number of hydrogen-bond donors (Lipinski definition) is 1. The fourth-order valence-electron chi connectivity index (χ4n) is 2.17. The lowest BCUT2D eigenvalue weighted by molar-refractivity contribution is -0.125. The van der Waals surface area contributed by atoms with Gasteiger partial charge in [-0.1, -0.05) is 6.92 Å². The van der Waals surface area contributed by atoms with Crippen molar-refractivity contribution in [2.45, 2.75) is 33.7 Å². The van der Waals surface area contributed by atoms with Gasteiger partial charge in [-0.2, -0.15) is 0 Å². The Hall–Kier alpha value is -1.43. The first-order chi connectivity index (χ1) is 8.40. The van der Waals surface area contributed by atoms with Gasteiger partial charge in [-0.25, -0.2) is 9.78 Å². The normalized spacial score (nSPS) is 22.0. The zero-order valence-electron chi connectivity index (χ0n) is 11.0. The van der Waals surface area contributed by atoms with Gasteiger partial charge in [0.05, 0.1) is 22.7 Å². The molecule has 0 aliphatic carbocycles. The number of nitrogens with zero attached hydrogens (tertiary/aromatic N) is 2. The first kappa shape index (κ1) is 13.0. The van der Waals surface area contributed by atoms with Gasteiger partial charge in [0.2, 0.25) is 5.91 Å². The van der Waals surface area contributed by atoms with Gasteiger partial charge in [-0.05, 0) is 20.8 Å². The highest BCUT2D eigenvalue weighted by Crippen LogP contribution is 2.30. The Kier molecular flexibility index (Phi) is 3.38. The topological polar surface area (TPSA) is 62.3 Å². The summed E-state index contributed by atoms with van der Waals surface area (Å²) in [5.74, 6) is -0.361. The molecule has 3 amide bonds. The van der Waals surface area contributed by atoms with Crippen molar-refractivity contribution in [3.63, 3.8) is 0 Å². The smallest absolute Gasteiger partial charge is 0.316 e. The van der Waals surface area contributed by atoms with Crippen LogP contribution in [0.2, 0.25) is 0 Å². The average Bonchev–Trinajstić information content (AvgIpc) is 2.62. The molecule has 98 valence electrons. The Balaban J connectivity index is 2.23. The molecule has 1 saturated heterocycles. The molecular weight excluding hydrogens is 250 g/mol. The zero-order valence-corrected chi connectivity index (χ0v) is 11.8. The number of amides is 3. The Morgan fingerprint density at radius 1 is 1.44 bits per heavy atom. The van der Waals surface area contributed by atoms with Crippen LogP contribution < -0.4 is 5.32 Å². The quantitative estimate of drug-likeness (QED) is 0.891. The molecule has 0 bridgehead atoms. The molecule has 0 spiro atoms. The fourth-order valence-corrected chi connectivity index (χ4v) is 3.16. The number of carbonyl (C=O) groups excluding carboxylic acids is 2. The molecule has 1 aliphatic rings. The second kappa shape index (κ2) is 4.68. The molecule has 5 nitrogen and oxygen atoms in total. The van der Waals surface area contributed by atoms with Crippen molar-refractivity contribution in [2.75, 3.05) is 6.54 Å². The number of rotatable bonds is 2. The summed E-state index contributed by atoms with van der Waals surface area (Å²) in [7, 11) is 0. The standard InChI is InChI=1S/C12H17N3O2S/c1-6-5-15(12(17)14-11(6)16)8(3)10-7(2)13-9(4)18-10/h6,8H,5H2,1-4H3,(H,14,16,17). The van der Waals surface area contributed by atoms with E-state index < -0.39 is 0 Å². The van der Waals surface area contributed by atoms with E-state index in [1.165, 1.54) is 0 Å². The first-order valence-corrected chi connectivity index (χ1v) is 6.77. The van der Waals surface area contributed by atoms with Crippen molar-refractivity contribution in [2.24, 2.45) is 5.92 Å². The highest BCUT2D eigenvalue weighted by atomic mass is 32.1. The predicted octanol–water partition coefficient (Wildman–Crippen LogP) is 2.01. The molecule has 1 aliphatic heterocycles. The summed E-state index contributed by atoms with van der Waals surface area (Å²) in [6, 6.07) is -0.359. The molecule has 2 rings (SSSR count). The highest BCUT2D eigenvalue weighted by molar-refractivity contribution is 7.11. The molecule has 1 aromatic rings. The molecule has 2 unspecified atom stereocenters. The largest absolute Gasteiger partial charge is 0.324 e. The van der Waals surface area contributed by atoms with E-state index in [4.69, 9.17) is 0 Å². The average molecular weight is 267 g/mol. The Morgan fingerprint density at radius 3 is 2.67 bits per heavy atom. The van der Waals surface area contributed by atoms with E-state index in [1.807, 2.05) is 27.7 Å². The number of urea groups is 1. The monoisotopic (exact) mass is 267 g/mol. The van der Waals surface area contributed by atoms with Gasteiger partial charge in [0, 0.05) is 11.4 Å². The summed E-state index contributed by atoms with van der Waals surface area (Å²) >= 11 is 1.60. The van der Waals surface area contributed by atoms with E-state index in [9.17, 15) is 9.59 Å². The maximum atomic E-state index is 11.9. The van der Waals surface area contributed by atoms with Gasteiger partial charge >= 0.3 is 6.03 Å². The SMILES string of the molecule is Cc1nc(C)c(C(C)N2CC(C)C(=O)NC2=O)s1. The molecule has 0 radical (unpaired) electrons. The summed E-state index contributed by atoms with van der Waals surface area (Å²) in [5.41, 5.74) is 0.961. The van der Waals surface area contributed by atoms with Crippen LogP contribution in [0.15, 0.2) is 0 Å². The van der Waals surface area contributed by atoms with E-state index in [-0.39, 0.29) is 23.9 Å². The summed E-state index contributed by atoms with van der Waals surface area (Å²) in [6.45, 7) is 8.17. The van der Waals surface area contributed by atoms with Crippen LogP contribution in [0.4, 0.5) is 4.79 Å². The number of nitrogens with one attached hydrogen (secondary N) is 1. The second-order valence-electron chi connectivity index (χ2n) is 4.71. The lowest BCUT2D eigenvalue weighted by Crippen LogP contribution is -2.54. The highest BCUT2D eigenvalue weighted by Gasteiger charge is 2.33. The van der Waals surface area contributed by atoms with Crippen molar-refractivity contribution >= 4 is 23.3 Å². The van der Waals surface area contributed by atoms with Gasteiger partial charge in [0.1, 0.15) is 0 Å². The lowest BCUT2D eigenvalue weighted by atomic mass is 10.1. The first-order valence-electron chi connectivity index (χ1n) is 5.95. The van der Waals surface area contributed by atoms with Crippen molar-refractivity contribution in [3.8, 4) is 0 Å². The molecule has 6 heteroatoms. The summed E-state index contributed by atoms with van der Waals surface area (Å²) in [6.07, 6.45) is 0. The number of carbonyl (C=O) groups is 2. The minimum Gasteiger partial charge on any atom is -0.316 e.